The fraction of sp³-hybridized carbons (Fsp3) is 0.588. The zero-order chi connectivity index (χ0) is 14.7. The second kappa shape index (κ2) is 6.62. The summed E-state index contributed by atoms with van der Waals surface area (Å²) in [7, 11) is 0. The maximum Gasteiger partial charge on any atom is 0.245 e. The number of hydrogen-bond donors (Lipinski definition) is 0. The largest absolute Gasteiger partial charge is 0.341 e. The van der Waals surface area contributed by atoms with Crippen LogP contribution in [0, 0.1) is 20.8 Å². The van der Waals surface area contributed by atoms with Crippen molar-refractivity contribution < 1.29 is 4.79 Å². The van der Waals surface area contributed by atoms with Crippen LogP contribution < -0.4 is 0 Å². The minimum absolute atomic E-state index is 0.0728. The first kappa shape index (κ1) is 15.4. The van der Waals surface area contributed by atoms with Crippen LogP contribution in [0.4, 0.5) is 0 Å². The molecule has 0 aromatic heterocycles. The normalized spacial score (nSPS) is 17.7. The van der Waals surface area contributed by atoms with Crippen LogP contribution in [0.3, 0.4) is 0 Å². The molecule has 0 N–H and O–H groups in total. The number of likely N-dealkylation sites (tertiary alicyclic amines) is 1. The second-order valence-corrected chi connectivity index (χ2v) is 6.35. The molecule has 20 heavy (non-hydrogen) atoms. The third-order valence-electron chi connectivity index (χ3n) is 4.13. The van der Waals surface area contributed by atoms with Gasteiger partial charge in [0.15, 0.2) is 0 Å². The lowest BCUT2D eigenvalue weighted by atomic mass is 9.96. The molecule has 1 aromatic carbocycles. The summed E-state index contributed by atoms with van der Waals surface area (Å²) in [5, 5.41) is -0.548. The van der Waals surface area contributed by atoms with Gasteiger partial charge in [-0.2, -0.15) is 0 Å². The van der Waals surface area contributed by atoms with Crippen molar-refractivity contribution >= 4 is 17.5 Å². The van der Waals surface area contributed by atoms with E-state index in [9.17, 15) is 4.79 Å². The van der Waals surface area contributed by atoms with Gasteiger partial charge in [0.05, 0.1) is 0 Å². The Morgan fingerprint density at radius 2 is 1.55 bits per heavy atom. The zero-order valence-corrected chi connectivity index (χ0v) is 13.5. The molecule has 1 aliphatic rings. The Morgan fingerprint density at radius 1 is 1.05 bits per heavy atom. The lowest BCUT2D eigenvalue weighted by Gasteiger charge is -2.25. The van der Waals surface area contributed by atoms with Gasteiger partial charge in [-0.15, -0.1) is 11.6 Å². The van der Waals surface area contributed by atoms with Crippen LogP contribution in [0.5, 0.6) is 0 Å². The quantitative estimate of drug-likeness (QED) is 0.745. The molecule has 3 heteroatoms. The molecule has 1 fully saturated rings. The summed E-state index contributed by atoms with van der Waals surface area (Å²) in [6.07, 6.45) is 4.64. The van der Waals surface area contributed by atoms with Gasteiger partial charge in [-0.1, -0.05) is 30.5 Å². The first-order chi connectivity index (χ1) is 9.50. The number of hydrogen-bond acceptors (Lipinski definition) is 1. The number of carbonyl (C=O) groups is 1. The molecule has 0 spiro atoms. The average molecular weight is 294 g/mol. The number of halogens is 1. The molecule has 0 saturated carbocycles. The molecular formula is C17H24ClNO. The van der Waals surface area contributed by atoms with Gasteiger partial charge in [0.2, 0.25) is 5.91 Å². The van der Waals surface area contributed by atoms with Crippen molar-refractivity contribution in [2.24, 2.45) is 0 Å². The Balaban J connectivity index is 2.22. The molecular weight excluding hydrogens is 270 g/mol. The Hall–Kier alpha value is -1.02. The van der Waals surface area contributed by atoms with E-state index in [1.165, 1.54) is 18.4 Å². The lowest BCUT2D eigenvalue weighted by Crippen LogP contribution is -2.34. The highest BCUT2D eigenvalue weighted by Crippen LogP contribution is 2.30. The Bertz CT molecular complexity index is 467. The number of rotatable bonds is 2. The van der Waals surface area contributed by atoms with Gasteiger partial charge in [-0.05, 0) is 50.3 Å². The van der Waals surface area contributed by atoms with Gasteiger partial charge in [0, 0.05) is 13.1 Å². The molecule has 2 nitrogen and oxygen atoms in total. The fourth-order valence-corrected chi connectivity index (χ4v) is 3.65. The average Bonchev–Trinajstić information content (AvgIpc) is 2.65. The summed E-state index contributed by atoms with van der Waals surface area (Å²) >= 11 is 6.51. The number of carbonyl (C=O) groups excluding carboxylic acids is 1. The highest BCUT2D eigenvalue weighted by atomic mass is 35.5. The summed E-state index contributed by atoms with van der Waals surface area (Å²) in [5.74, 6) is 0.0728. The molecule has 0 bridgehead atoms. The van der Waals surface area contributed by atoms with Gasteiger partial charge in [0.1, 0.15) is 5.38 Å². The molecule has 1 atom stereocenters. The van der Waals surface area contributed by atoms with Gasteiger partial charge < -0.3 is 4.90 Å². The first-order valence-corrected chi connectivity index (χ1v) is 7.95. The summed E-state index contributed by atoms with van der Waals surface area (Å²) in [6.45, 7) is 7.86. The summed E-state index contributed by atoms with van der Waals surface area (Å²) < 4.78 is 0. The van der Waals surface area contributed by atoms with Crippen LogP contribution in [0.2, 0.25) is 0 Å². The van der Waals surface area contributed by atoms with E-state index in [1.54, 1.807) is 0 Å². The van der Waals surface area contributed by atoms with E-state index in [0.717, 1.165) is 42.6 Å². The molecule has 1 aliphatic heterocycles. The molecule has 1 saturated heterocycles. The topological polar surface area (TPSA) is 20.3 Å². The minimum atomic E-state index is -0.548. The standard InChI is InChI=1S/C17H24ClNO/c1-12-10-13(2)15(14(3)11-12)16(18)17(20)19-8-6-4-5-7-9-19/h10-11,16H,4-9H2,1-3H3. The summed E-state index contributed by atoms with van der Waals surface area (Å²) in [4.78, 5) is 14.6. The van der Waals surface area contributed by atoms with Crippen LogP contribution in [-0.4, -0.2) is 23.9 Å². The number of aryl methyl sites for hydroxylation is 3. The van der Waals surface area contributed by atoms with E-state index < -0.39 is 5.38 Å². The van der Waals surface area contributed by atoms with E-state index in [1.807, 2.05) is 18.7 Å². The van der Waals surface area contributed by atoms with Crippen LogP contribution in [0.15, 0.2) is 12.1 Å². The van der Waals surface area contributed by atoms with Crippen molar-refractivity contribution in [2.75, 3.05) is 13.1 Å². The lowest BCUT2D eigenvalue weighted by molar-refractivity contribution is -0.130. The number of nitrogens with zero attached hydrogens (tertiary/aromatic N) is 1. The predicted molar refractivity (Wildman–Crippen MR) is 84.3 cm³/mol. The Labute approximate surface area is 127 Å². The van der Waals surface area contributed by atoms with Crippen LogP contribution >= 0.6 is 11.6 Å². The zero-order valence-electron chi connectivity index (χ0n) is 12.7. The van der Waals surface area contributed by atoms with E-state index in [2.05, 4.69) is 19.1 Å². The highest BCUT2D eigenvalue weighted by molar-refractivity contribution is 6.31. The molecule has 1 unspecified atom stereocenters. The Kier molecular flexibility index (Phi) is 5.09. The fourth-order valence-electron chi connectivity index (χ4n) is 3.17. The van der Waals surface area contributed by atoms with Crippen LogP contribution in [0.25, 0.3) is 0 Å². The molecule has 2 rings (SSSR count). The van der Waals surface area contributed by atoms with E-state index >= 15 is 0 Å². The van der Waals surface area contributed by atoms with Crippen molar-refractivity contribution in [3.8, 4) is 0 Å². The van der Waals surface area contributed by atoms with Crippen molar-refractivity contribution in [1.82, 2.24) is 4.90 Å². The predicted octanol–water partition coefficient (Wildman–Crippen LogP) is 4.29. The number of amides is 1. The van der Waals surface area contributed by atoms with Gasteiger partial charge >= 0.3 is 0 Å². The van der Waals surface area contributed by atoms with Gasteiger partial charge in [-0.3, -0.25) is 4.79 Å². The third-order valence-corrected chi connectivity index (χ3v) is 4.53. The van der Waals surface area contributed by atoms with Crippen LogP contribution in [-0.2, 0) is 4.79 Å². The van der Waals surface area contributed by atoms with E-state index in [4.69, 9.17) is 11.6 Å². The van der Waals surface area contributed by atoms with Gasteiger partial charge in [0.25, 0.3) is 0 Å². The van der Waals surface area contributed by atoms with Crippen LogP contribution in [0.1, 0.15) is 53.3 Å². The molecule has 110 valence electrons. The number of alkyl halides is 1. The smallest absolute Gasteiger partial charge is 0.245 e. The first-order valence-electron chi connectivity index (χ1n) is 7.51. The molecule has 0 radical (unpaired) electrons. The summed E-state index contributed by atoms with van der Waals surface area (Å²) in [5.41, 5.74) is 4.44. The highest BCUT2D eigenvalue weighted by Gasteiger charge is 2.26. The molecule has 1 aromatic rings. The molecule has 0 aliphatic carbocycles. The maximum absolute atomic E-state index is 12.6. The summed E-state index contributed by atoms with van der Waals surface area (Å²) in [6, 6.07) is 4.21. The van der Waals surface area contributed by atoms with Crippen molar-refractivity contribution in [3.05, 3.63) is 34.4 Å². The third kappa shape index (κ3) is 3.35. The molecule has 1 heterocycles. The second-order valence-electron chi connectivity index (χ2n) is 5.91. The maximum atomic E-state index is 12.6. The van der Waals surface area contributed by atoms with E-state index in [0.29, 0.717) is 0 Å². The van der Waals surface area contributed by atoms with Gasteiger partial charge in [-0.25, -0.2) is 0 Å². The molecule has 1 amide bonds. The van der Waals surface area contributed by atoms with E-state index in [-0.39, 0.29) is 5.91 Å². The van der Waals surface area contributed by atoms with Crippen molar-refractivity contribution in [3.63, 3.8) is 0 Å². The Morgan fingerprint density at radius 3 is 2.05 bits per heavy atom. The van der Waals surface area contributed by atoms with Crippen molar-refractivity contribution in [2.45, 2.75) is 51.8 Å². The minimum Gasteiger partial charge on any atom is -0.341 e. The monoisotopic (exact) mass is 293 g/mol. The SMILES string of the molecule is Cc1cc(C)c(C(Cl)C(=O)N2CCCCCC2)c(C)c1. The number of benzene rings is 1. The van der Waals surface area contributed by atoms with Crippen molar-refractivity contribution in [1.29, 1.82) is 0 Å².